The van der Waals surface area contributed by atoms with Crippen molar-refractivity contribution in [3.8, 4) is 11.5 Å². The number of methoxy groups -OCH3 is 1. The molecule has 1 fully saturated rings. The van der Waals surface area contributed by atoms with Gasteiger partial charge in [-0.25, -0.2) is 4.39 Å². The topological polar surface area (TPSA) is 115 Å². The normalized spacial score (nSPS) is 16.3. The van der Waals surface area contributed by atoms with Crippen LogP contribution in [-0.2, 0) is 0 Å². The number of nitrogen functional groups attached to an aromatic ring is 1. The fourth-order valence-corrected chi connectivity index (χ4v) is 4.83. The summed E-state index contributed by atoms with van der Waals surface area (Å²) in [5.74, 6) is 1.34. The number of hydrazone groups is 1. The lowest BCUT2D eigenvalue weighted by molar-refractivity contribution is 0.231. The number of benzene rings is 2. The Kier molecular flexibility index (Phi) is 6.72. The average molecular weight is 529 g/mol. The van der Waals surface area contributed by atoms with Gasteiger partial charge in [0.2, 0.25) is 11.9 Å². The van der Waals surface area contributed by atoms with Gasteiger partial charge in [0.15, 0.2) is 17.4 Å². The smallest absolute Gasteiger partial charge is 0.248 e. The molecule has 0 radical (unpaired) electrons. The summed E-state index contributed by atoms with van der Waals surface area (Å²) >= 11 is 0. The van der Waals surface area contributed by atoms with Crippen LogP contribution in [-0.4, -0.2) is 58.9 Å². The molecule has 1 saturated heterocycles. The zero-order valence-electron chi connectivity index (χ0n) is 21.5. The minimum atomic E-state index is -0.461. The number of likely N-dealkylation sites (tertiary alicyclic amines) is 1. The first-order chi connectivity index (χ1) is 19.1. The maximum atomic E-state index is 14.7. The van der Waals surface area contributed by atoms with E-state index in [1.54, 1.807) is 19.2 Å². The maximum Gasteiger partial charge on any atom is 0.248 e. The number of nitrogens with two attached hydrogens (primary N) is 1. The first kappa shape index (κ1) is 24.7. The van der Waals surface area contributed by atoms with Gasteiger partial charge in [-0.15, -0.1) is 5.10 Å². The van der Waals surface area contributed by atoms with Crippen molar-refractivity contribution in [1.29, 1.82) is 0 Å². The molecule has 10 nitrogen and oxygen atoms in total. The molecule has 2 aromatic carbocycles. The molecule has 2 aliphatic heterocycles. The van der Waals surface area contributed by atoms with E-state index >= 15 is 0 Å². The SMILES string of the molecule is COc1ccc2c(c1)=CC=CC1=CC(n3nc(Nc4ccc(OCCN5CCCC5)c(F)c4)nc3N)=NNC=21. The van der Waals surface area contributed by atoms with E-state index in [-0.39, 0.29) is 17.6 Å². The second-order valence-electron chi connectivity index (χ2n) is 9.41. The quantitative estimate of drug-likeness (QED) is 0.427. The number of anilines is 3. The minimum Gasteiger partial charge on any atom is -0.497 e. The van der Waals surface area contributed by atoms with Crippen LogP contribution in [0.3, 0.4) is 0 Å². The van der Waals surface area contributed by atoms with Crippen molar-refractivity contribution in [2.24, 2.45) is 5.10 Å². The summed E-state index contributed by atoms with van der Waals surface area (Å²) in [6.07, 6.45) is 10.3. The molecule has 3 aromatic rings. The third-order valence-electron chi connectivity index (χ3n) is 6.84. The van der Waals surface area contributed by atoms with Crippen LogP contribution in [0.2, 0.25) is 0 Å². The number of allylic oxidation sites excluding steroid dienone is 2. The first-order valence-corrected chi connectivity index (χ1v) is 12.8. The van der Waals surface area contributed by atoms with Gasteiger partial charge in [-0.2, -0.15) is 14.8 Å². The van der Waals surface area contributed by atoms with Crippen LogP contribution in [0.15, 0.2) is 65.3 Å². The maximum absolute atomic E-state index is 14.7. The molecule has 3 heterocycles. The Bertz CT molecular complexity index is 1620. The zero-order valence-corrected chi connectivity index (χ0v) is 21.5. The van der Waals surface area contributed by atoms with Gasteiger partial charge in [0.1, 0.15) is 12.4 Å². The molecule has 0 bridgehead atoms. The molecule has 0 spiro atoms. The highest BCUT2D eigenvalue weighted by Gasteiger charge is 2.18. The van der Waals surface area contributed by atoms with Crippen molar-refractivity contribution in [3.63, 3.8) is 0 Å². The average Bonchev–Trinajstić information content (AvgIpc) is 3.55. The number of aromatic nitrogens is 3. The summed E-state index contributed by atoms with van der Waals surface area (Å²) in [5.41, 5.74) is 11.5. The fraction of sp³-hybridized carbons (Fsp3) is 0.250. The number of halogens is 1. The molecule has 3 aliphatic rings. The molecule has 4 N–H and O–H groups in total. The largest absolute Gasteiger partial charge is 0.497 e. The zero-order chi connectivity index (χ0) is 26.8. The Morgan fingerprint density at radius 3 is 2.85 bits per heavy atom. The predicted octanol–water partition coefficient (Wildman–Crippen LogP) is 2.08. The summed E-state index contributed by atoms with van der Waals surface area (Å²) in [6, 6.07) is 10.5. The van der Waals surface area contributed by atoms with Crippen molar-refractivity contribution >= 4 is 35.2 Å². The van der Waals surface area contributed by atoms with Gasteiger partial charge in [-0.3, -0.25) is 10.3 Å². The Morgan fingerprint density at radius 2 is 2.03 bits per heavy atom. The van der Waals surface area contributed by atoms with Crippen LogP contribution in [0.5, 0.6) is 11.5 Å². The summed E-state index contributed by atoms with van der Waals surface area (Å²) in [4.78, 5) is 6.60. The Labute approximate surface area is 224 Å². The molecule has 11 heteroatoms. The van der Waals surface area contributed by atoms with Crippen molar-refractivity contribution in [1.82, 2.24) is 25.1 Å². The Hall–Kier alpha value is -4.64. The number of fused-ring (bicyclic) bond motifs is 2. The Balaban J connectivity index is 1.17. The number of nitrogens with zero attached hydrogens (tertiary/aromatic N) is 5. The summed E-state index contributed by atoms with van der Waals surface area (Å²) in [7, 11) is 1.64. The van der Waals surface area contributed by atoms with E-state index in [1.807, 2.05) is 42.5 Å². The highest BCUT2D eigenvalue weighted by atomic mass is 19.1. The predicted molar refractivity (Wildman–Crippen MR) is 149 cm³/mol. The van der Waals surface area contributed by atoms with Crippen LogP contribution in [0.4, 0.5) is 22.0 Å². The van der Waals surface area contributed by atoms with Gasteiger partial charge < -0.3 is 20.5 Å². The van der Waals surface area contributed by atoms with E-state index < -0.39 is 5.82 Å². The molecule has 1 aromatic heterocycles. The molecular weight excluding hydrogens is 499 g/mol. The van der Waals surface area contributed by atoms with Crippen LogP contribution < -0.4 is 36.4 Å². The van der Waals surface area contributed by atoms with Gasteiger partial charge >= 0.3 is 0 Å². The lowest BCUT2D eigenvalue weighted by atomic mass is 10.1. The highest BCUT2D eigenvalue weighted by Crippen LogP contribution is 2.24. The first-order valence-electron chi connectivity index (χ1n) is 12.8. The third-order valence-corrected chi connectivity index (χ3v) is 6.84. The summed E-state index contributed by atoms with van der Waals surface area (Å²) in [5, 5.41) is 13.9. The van der Waals surface area contributed by atoms with E-state index in [2.05, 4.69) is 30.8 Å². The van der Waals surface area contributed by atoms with E-state index in [0.717, 1.165) is 47.1 Å². The molecule has 0 atom stereocenters. The van der Waals surface area contributed by atoms with Gasteiger partial charge in [0.05, 0.1) is 12.8 Å². The van der Waals surface area contributed by atoms with Gasteiger partial charge in [-0.05, 0) is 67.6 Å². The molecule has 0 amide bonds. The Morgan fingerprint density at radius 1 is 1.15 bits per heavy atom. The fourth-order valence-electron chi connectivity index (χ4n) is 4.83. The number of rotatable bonds is 7. The number of hydrogen-bond donors (Lipinski definition) is 3. The van der Waals surface area contributed by atoms with Crippen molar-refractivity contribution in [2.75, 3.05) is 44.4 Å². The number of hydrogen-bond acceptors (Lipinski definition) is 9. The number of ether oxygens (including phenoxy) is 2. The van der Waals surface area contributed by atoms with Gasteiger partial charge in [0.25, 0.3) is 0 Å². The third kappa shape index (κ3) is 5.21. The lowest BCUT2D eigenvalue weighted by Crippen LogP contribution is -2.33. The van der Waals surface area contributed by atoms with Crippen LogP contribution in [0.25, 0.3) is 11.8 Å². The molecule has 1 aliphatic carbocycles. The van der Waals surface area contributed by atoms with Crippen LogP contribution in [0, 0.1) is 5.82 Å². The second-order valence-corrected chi connectivity index (χ2v) is 9.41. The number of nitrogens with one attached hydrogen (secondary N) is 2. The van der Waals surface area contributed by atoms with E-state index in [9.17, 15) is 4.39 Å². The second kappa shape index (κ2) is 10.6. The standard InChI is InChI=1S/C28H29FN8O2/c1-38-21-8-9-22-18(15-21)5-4-6-19-16-25(33-34-26(19)22)37-27(30)32-28(35-37)31-20-7-10-24(23(29)17-20)39-14-13-36-11-2-3-12-36/h4-10,15-17,34H,2-3,11-14H2,1H3,(H3,30,31,32,35). The molecule has 6 rings (SSSR count). The van der Waals surface area contributed by atoms with Gasteiger partial charge in [-0.1, -0.05) is 18.2 Å². The van der Waals surface area contributed by atoms with E-state index in [1.165, 1.54) is 23.6 Å². The van der Waals surface area contributed by atoms with E-state index in [0.29, 0.717) is 18.1 Å². The lowest BCUT2D eigenvalue weighted by Gasteiger charge is -2.16. The van der Waals surface area contributed by atoms with Crippen molar-refractivity contribution in [2.45, 2.75) is 12.8 Å². The van der Waals surface area contributed by atoms with E-state index in [4.69, 9.17) is 15.2 Å². The summed E-state index contributed by atoms with van der Waals surface area (Å²) in [6.45, 7) is 3.40. The minimum absolute atomic E-state index is 0.134. The molecule has 0 unspecified atom stereocenters. The van der Waals surface area contributed by atoms with Crippen LogP contribution >= 0.6 is 0 Å². The molecular formula is C28H29FN8O2. The van der Waals surface area contributed by atoms with Crippen molar-refractivity contribution < 1.29 is 13.9 Å². The molecule has 200 valence electrons. The van der Waals surface area contributed by atoms with Crippen LogP contribution in [0.1, 0.15) is 12.8 Å². The van der Waals surface area contributed by atoms with Crippen molar-refractivity contribution in [3.05, 3.63) is 76.5 Å². The monoisotopic (exact) mass is 528 g/mol. The highest BCUT2D eigenvalue weighted by molar-refractivity contribution is 6.01. The van der Waals surface area contributed by atoms with Gasteiger partial charge in [0, 0.05) is 29.1 Å². The molecule has 39 heavy (non-hydrogen) atoms. The summed E-state index contributed by atoms with van der Waals surface area (Å²) < 4.78 is 27.1. The molecule has 0 saturated carbocycles.